The Morgan fingerprint density at radius 3 is 2.61 bits per heavy atom. The molecule has 0 saturated carbocycles. The number of carbonyl (C=O) groups excluding carboxylic acids is 2. The number of esters is 1. The van der Waals surface area contributed by atoms with Gasteiger partial charge < -0.3 is 21.1 Å². The van der Waals surface area contributed by atoms with Gasteiger partial charge >= 0.3 is 5.97 Å². The number of ether oxygens (including phenoxy) is 1. The topological polar surface area (TPSA) is 93.5 Å². The highest BCUT2D eigenvalue weighted by molar-refractivity contribution is 6.35. The van der Waals surface area contributed by atoms with E-state index in [2.05, 4.69) is 10.6 Å². The second-order valence-electron chi connectivity index (χ2n) is 6.57. The summed E-state index contributed by atoms with van der Waals surface area (Å²) < 4.78 is 4.85. The molecule has 1 heterocycles. The van der Waals surface area contributed by atoms with Crippen LogP contribution < -0.4 is 16.4 Å². The van der Waals surface area contributed by atoms with Gasteiger partial charge in [0, 0.05) is 33.3 Å². The van der Waals surface area contributed by atoms with Crippen molar-refractivity contribution in [1.29, 1.82) is 0 Å². The third kappa shape index (κ3) is 4.41. The van der Waals surface area contributed by atoms with E-state index in [0.717, 1.165) is 12.0 Å². The zero-order valence-corrected chi connectivity index (χ0v) is 16.8. The minimum absolute atomic E-state index is 0.258. The molecule has 6 nitrogen and oxygen atoms in total. The fraction of sp³-hybridized carbons (Fsp3) is 0.300. The Hall–Kier alpha value is -2.28. The van der Waals surface area contributed by atoms with E-state index in [9.17, 15) is 9.59 Å². The molecule has 8 heteroatoms. The SMILES string of the molecule is COC(=O)C1CC(NC(=O)c2ccc(CCN)cc2)c2c(Cl)cc(Cl)cc2N1. The van der Waals surface area contributed by atoms with Crippen LogP contribution in [-0.2, 0) is 16.0 Å². The van der Waals surface area contributed by atoms with Crippen LogP contribution in [-0.4, -0.2) is 31.6 Å². The van der Waals surface area contributed by atoms with Gasteiger partial charge in [0.15, 0.2) is 0 Å². The Kier molecular flexibility index (Phi) is 6.44. The van der Waals surface area contributed by atoms with Crippen LogP contribution in [0.5, 0.6) is 0 Å². The molecule has 0 bridgehead atoms. The number of amides is 1. The van der Waals surface area contributed by atoms with Gasteiger partial charge in [-0.05, 0) is 42.8 Å². The van der Waals surface area contributed by atoms with Crippen molar-refractivity contribution in [2.24, 2.45) is 5.73 Å². The first-order valence-corrected chi connectivity index (χ1v) is 9.61. The van der Waals surface area contributed by atoms with Crippen molar-refractivity contribution in [3.63, 3.8) is 0 Å². The van der Waals surface area contributed by atoms with Crippen LogP contribution in [0.1, 0.15) is 33.9 Å². The predicted octanol–water partition coefficient (Wildman–Crippen LogP) is 3.32. The first-order valence-electron chi connectivity index (χ1n) is 8.86. The molecule has 0 saturated heterocycles. The fourth-order valence-electron chi connectivity index (χ4n) is 3.32. The molecule has 0 aromatic heterocycles. The highest BCUT2D eigenvalue weighted by Gasteiger charge is 2.34. The van der Waals surface area contributed by atoms with E-state index in [1.165, 1.54) is 7.11 Å². The van der Waals surface area contributed by atoms with Crippen molar-refractivity contribution in [3.8, 4) is 0 Å². The second kappa shape index (κ2) is 8.82. The highest BCUT2D eigenvalue weighted by atomic mass is 35.5. The van der Waals surface area contributed by atoms with E-state index in [1.807, 2.05) is 12.1 Å². The average Bonchev–Trinajstić information content (AvgIpc) is 2.67. The lowest BCUT2D eigenvalue weighted by atomic mass is 9.92. The van der Waals surface area contributed by atoms with Crippen LogP contribution in [0.4, 0.5) is 5.69 Å². The molecular weight excluding hydrogens is 401 g/mol. The summed E-state index contributed by atoms with van der Waals surface area (Å²) in [6, 6.07) is 9.46. The molecule has 2 aromatic rings. The minimum atomic E-state index is -0.621. The first kappa shape index (κ1) is 20.5. The molecule has 0 radical (unpaired) electrons. The largest absolute Gasteiger partial charge is 0.467 e. The van der Waals surface area contributed by atoms with Gasteiger partial charge in [0.05, 0.1) is 13.2 Å². The minimum Gasteiger partial charge on any atom is -0.467 e. The number of benzene rings is 2. The lowest BCUT2D eigenvalue weighted by Gasteiger charge is -2.33. The number of hydrogen-bond donors (Lipinski definition) is 3. The van der Waals surface area contributed by atoms with Crippen LogP contribution >= 0.6 is 23.2 Å². The monoisotopic (exact) mass is 421 g/mol. The molecule has 28 heavy (non-hydrogen) atoms. The Morgan fingerprint density at radius 1 is 1.25 bits per heavy atom. The molecule has 0 aliphatic carbocycles. The summed E-state index contributed by atoms with van der Waals surface area (Å²) >= 11 is 12.5. The van der Waals surface area contributed by atoms with Crippen LogP contribution in [0.3, 0.4) is 0 Å². The number of nitrogens with one attached hydrogen (secondary N) is 2. The van der Waals surface area contributed by atoms with Crippen LogP contribution in [0, 0.1) is 0 Å². The Morgan fingerprint density at radius 2 is 1.96 bits per heavy atom. The number of anilines is 1. The Labute approximate surface area is 173 Å². The summed E-state index contributed by atoms with van der Waals surface area (Å²) in [6.07, 6.45) is 1.05. The summed E-state index contributed by atoms with van der Waals surface area (Å²) in [7, 11) is 1.32. The number of carbonyl (C=O) groups is 2. The van der Waals surface area contributed by atoms with E-state index < -0.39 is 18.1 Å². The second-order valence-corrected chi connectivity index (χ2v) is 7.41. The fourth-order valence-corrected chi connectivity index (χ4v) is 3.94. The average molecular weight is 422 g/mol. The number of rotatable bonds is 5. The summed E-state index contributed by atoms with van der Waals surface area (Å²) in [6.45, 7) is 0.549. The van der Waals surface area contributed by atoms with E-state index in [0.29, 0.717) is 39.8 Å². The van der Waals surface area contributed by atoms with Gasteiger partial charge in [0.25, 0.3) is 5.91 Å². The van der Waals surface area contributed by atoms with Gasteiger partial charge in [-0.1, -0.05) is 35.3 Å². The lowest BCUT2D eigenvalue weighted by Crippen LogP contribution is -2.41. The molecule has 3 rings (SSSR count). The highest BCUT2D eigenvalue weighted by Crippen LogP contribution is 2.40. The van der Waals surface area contributed by atoms with Crippen LogP contribution in [0.25, 0.3) is 0 Å². The normalized spacial score (nSPS) is 18.0. The smallest absolute Gasteiger partial charge is 0.328 e. The number of hydrogen-bond acceptors (Lipinski definition) is 5. The van der Waals surface area contributed by atoms with Crippen molar-refractivity contribution in [1.82, 2.24) is 5.32 Å². The summed E-state index contributed by atoms with van der Waals surface area (Å²) in [5.74, 6) is -0.682. The number of nitrogens with two attached hydrogens (primary N) is 1. The molecule has 2 unspecified atom stereocenters. The standard InChI is InChI=1S/C20H21Cl2N3O3/c1-28-20(27)17-10-16(18-14(22)8-13(21)9-15(18)24-17)25-19(26)12-4-2-11(3-5-12)6-7-23/h2-5,8-9,16-17,24H,6-7,10,23H2,1H3,(H,25,26). The predicted molar refractivity (Wildman–Crippen MR) is 110 cm³/mol. The van der Waals surface area contributed by atoms with Gasteiger partial charge in [-0.25, -0.2) is 4.79 Å². The number of halogens is 2. The number of methoxy groups -OCH3 is 1. The van der Waals surface area contributed by atoms with E-state index in [4.69, 9.17) is 33.7 Å². The first-order chi connectivity index (χ1) is 13.4. The van der Waals surface area contributed by atoms with Gasteiger partial charge in [-0.15, -0.1) is 0 Å². The summed E-state index contributed by atoms with van der Waals surface area (Å²) in [5, 5.41) is 6.91. The molecule has 1 amide bonds. The van der Waals surface area contributed by atoms with Crippen molar-refractivity contribution in [3.05, 3.63) is 63.1 Å². The van der Waals surface area contributed by atoms with E-state index in [1.54, 1.807) is 24.3 Å². The molecule has 1 aliphatic rings. The maximum absolute atomic E-state index is 12.8. The molecule has 4 N–H and O–H groups in total. The Bertz CT molecular complexity index is 887. The van der Waals surface area contributed by atoms with Gasteiger partial charge in [-0.2, -0.15) is 0 Å². The Balaban J connectivity index is 1.87. The van der Waals surface area contributed by atoms with Crippen molar-refractivity contribution < 1.29 is 14.3 Å². The molecular formula is C20H21Cl2N3O3. The molecule has 0 fully saturated rings. The van der Waals surface area contributed by atoms with Crippen LogP contribution in [0.15, 0.2) is 36.4 Å². The van der Waals surface area contributed by atoms with Gasteiger partial charge in [-0.3, -0.25) is 4.79 Å². The molecule has 2 aromatic carbocycles. The maximum Gasteiger partial charge on any atom is 0.328 e. The quantitative estimate of drug-likeness (QED) is 0.643. The van der Waals surface area contributed by atoms with Crippen molar-refractivity contribution in [2.75, 3.05) is 19.0 Å². The van der Waals surface area contributed by atoms with E-state index in [-0.39, 0.29) is 5.91 Å². The van der Waals surface area contributed by atoms with Gasteiger partial charge in [0.1, 0.15) is 6.04 Å². The zero-order valence-electron chi connectivity index (χ0n) is 15.3. The third-order valence-corrected chi connectivity index (χ3v) is 5.22. The molecule has 148 valence electrons. The third-order valence-electron chi connectivity index (χ3n) is 4.68. The zero-order chi connectivity index (χ0) is 20.3. The summed E-state index contributed by atoms with van der Waals surface area (Å²) in [5.41, 5.74) is 8.43. The maximum atomic E-state index is 12.8. The molecule has 0 spiro atoms. The molecule has 1 aliphatic heterocycles. The van der Waals surface area contributed by atoms with Crippen molar-refractivity contribution in [2.45, 2.75) is 24.9 Å². The molecule has 2 atom stereocenters. The van der Waals surface area contributed by atoms with E-state index >= 15 is 0 Å². The summed E-state index contributed by atoms with van der Waals surface area (Å²) in [4.78, 5) is 24.8. The van der Waals surface area contributed by atoms with Crippen molar-refractivity contribution >= 4 is 40.8 Å². The van der Waals surface area contributed by atoms with Gasteiger partial charge in [0.2, 0.25) is 0 Å². The lowest BCUT2D eigenvalue weighted by molar-refractivity contribution is -0.141. The van der Waals surface area contributed by atoms with Crippen LogP contribution in [0.2, 0.25) is 10.0 Å². The number of fused-ring (bicyclic) bond motifs is 1.